The van der Waals surface area contributed by atoms with Crippen molar-refractivity contribution in [3.63, 3.8) is 0 Å². The zero-order valence-corrected chi connectivity index (χ0v) is 21.6. The minimum atomic E-state index is -3.88. The summed E-state index contributed by atoms with van der Waals surface area (Å²) in [6, 6.07) is 4.54. The molecule has 1 aromatic rings. The number of likely N-dealkylation sites (N-methyl/N-ethyl adjacent to an activating group) is 1. The molecule has 0 unspecified atom stereocenters. The Morgan fingerprint density at radius 3 is 2.76 bits per heavy atom. The lowest BCUT2D eigenvalue weighted by Crippen LogP contribution is -2.51. The lowest BCUT2D eigenvalue weighted by molar-refractivity contribution is 0.0812. The van der Waals surface area contributed by atoms with Gasteiger partial charge in [-0.1, -0.05) is 26.0 Å². The van der Waals surface area contributed by atoms with Gasteiger partial charge in [-0.15, -0.1) is 0 Å². The van der Waals surface area contributed by atoms with Gasteiger partial charge in [-0.05, 0) is 62.3 Å². The molecule has 1 heterocycles. The Balaban J connectivity index is 2.01. The minimum absolute atomic E-state index is 0.1000. The van der Waals surface area contributed by atoms with Gasteiger partial charge >= 0.3 is 6.03 Å². The van der Waals surface area contributed by atoms with Crippen molar-refractivity contribution in [3.8, 4) is 5.75 Å². The van der Waals surface area contributed by atoms with Crippen molar-refractivity contribution in [2.24, 2.45) is 5.92 Å². The Kier molecular flexibility index (Phi) is 9.01. The van der Waals surface area contributed by atoms with Crippen LogP contribution in [0.5, 0.6) is 5.75 Å². The fraction of sp³-hybridized carbons (Fsp3) is 0.640. The monoisotopic (exact) mass is 493 g/mol. The summed E-state index contributed by atoms with van der Waals surface area (Å²) in [5.74, 6) is 0.0916. The van der Waals surface area contributed by atoms with Gasteiger partial charge in [-0.2, -0.15) is 4.31 Å². The average Bonchev–Trinajstić information content (AvgIpc) is 2.84. The smallest absolute Gasteiger partial charge is 0.317 e. The Hall–Kier alpha value is -2.10. The number of sulfonamides is 1. The number of rotatable bonds is 7. The van der Waals surface area contributed by atoms with Crippen molar-refractivity contribution in [1.29, 1.82) is 0 Å². The van der Waals surface area contributed by atoms with E-state index in [2.05, 4.69) is 11.4 Å². The summed E-state index contributed by atoms with van der Waals surface area (Å²) in [7, 11) is -2.16. The highest BCUT2D eigenvalue weighted by Crippen LogP contribution is 2.37. The molecule has 3 rings (SSSR count). The molecule has 8 nitrogen and oxygen atoms in total. The second-order valence-corrected chi connectivity index (χ2v) is 11.3. The molecule has 1 aliphatic heterocycles. The van der Waals surface area contributed by atoms with Gasteiger partial charge in [0.2, 0.25) is 10.0 Å². The third kappa shape index (κ3) is 5.93. The predicted octanol–water partition coefficient (Wildman–Crippen LogP) is 3.46. The molecule has 9 heteroatoms. The largest absolute Gasteiger partial charge is 0.487 e. The Bertz CT molecular complexity index is 994. The molecular weight excluding hydrogens is 454 g/mol. The van der Waals surface area contributed by atoms with Crippen LogP contribution in [0.3, 0.4) is 0 Å². The molecule has 1 aromatic carbocycles. The van der Waals surface area contributed by atoms with E-state index in [0.29, 0.717) is 18.8 Å². The number of ether oxygens (including phenoxy) is 1. The third-order valence-corrected chi connectivity index (χ3v) is 8.68. The first kappa shape index (κ1) is 26.5. The summed E-state index contributed by atoms with van der Waals surface area (Å²) in [6.07, 6.45) is 6.89. The number of benzene rings is 1. The number of nitrogens with one attached hydrogen (secondary N) is 1. The molecule has 0 bridgehead atoms. The van der Waals surface area contributed by atoms with E-state index in [1.165, 1.54) is 16.3 Å². The number of carbonyl (C=O) groups is 1. The van der Waals surface area contributed by atoms with Crippen LogP contribution in [0.2, 0.25) is 0 Å². The van der Waals surface area contributed by atoms with E-state index in [0.717, 1.165) is 31.2 Å². The number of amides is 2. The predicted molar refractivity (Wildman–Crippen MR) is 133 cm³/mol. The van der Waals surface area contributed by atoms with E-state index >= 15 is 0 Å². The van der Waals surface area contributed by atoms with Crippen molar-refractivity contribution in [3.05, 3.63) is 29.8 Å². The van der Waals surface area contributed by atoms with E-state index in [1.54, 1.807) is 24.9 Å². The molecule has 1 aliphatic carbocycles. The van der Waals surface area contributed by atoms with Crippen LogP contribution in [0.25, 0.3) is 5.57 Å². The molecule has 3 atom stereocenters. The van der Waals surface area contributed by atoms with E-state index < -0.39 is 22.2 Å². The summed E-state index contributed by atoms with van der Waals surface area (Å²) < 4.78 is 35.0. The molecule has 0 spiro atoms. The number of aliphatic hydroxyl groups excluding tert-OH is 1. The standard InChI is InChI=1S/C25H39N3O5S/c1-5-13-26-25(30)27(4)16-23-18(2)15-28(19(3)17-29)34(31,32)24-12-11-21(14-22(24)33-23)20-9-7-6-8-10-20/h9,11-12,14,18-19,23,29H,5-8,10,13,15-17H2,1-4H3,(H,26,30)/t18-,19+,23-/m0/s1. The summed E-state index contributed by atoms with van der Waals surface area (Å²) in [5.41, 5.74) is 2.18. The minimum Gasteiger partial charge on any atom is -0.487 e. The first-order valence-corrected chi connectivity index (χ1v) is 13.7. The van der Waals surface area contributed by atoms with E-state index in [9.17, 15) is 18.3 Å². The molecule has 0 fully saturated rings. The summed E-state index contributed by atoms with van der Waals surface area (Å²) in [4.78, 5) is 14.2. The Labute approximate surface area is 204 Å². The normalized spacial score (nSPS) is 23.5. The number of hydrogen-bond acceptors (Lipinski definition) is 5. The quantitative estimate of drug-likeness (QED) is 0.606. The molecule has 34 heavy (non-hydrogen) atoms. The number of hydrogen-bond donors (Lipinski definition) is 2. The van der Waals surface area contributed by atoms with Crippen molar-refractivity contribution < 1.29 is 23.1 Å². The summed E-state index contributed by atoms with van der Waals surface area (Å²) in [5, 5.41) is 12.7. The Morgan fingerprint density at radius 1 is 1.35 bits per heavy atom. The number of aliphatic hydroxyl groups is 1. The van der Waals surface area contributed by atoms with Gasteiger partial charge in [-0.25, -0.2) is 13.2 Å². The fourth-order valence-electron chi connectivity index (χ4n) is 4.46. The first-order valence-electron chi connectivity index (χ1n) is 12.3. The van der Waals surface area contributed by atoms with Crippen LogP contribution < -0.4 is 10.1 Å². The van der Waals surface area contributed by atoms with Crippen LogP contribution in [0.1, 0.15) is 58.4 Å². The highest BCUT2D eigenvalue weighted by Gasteiger charge is 2.38. The second-order valence-electron chi connectivity index (χ2n) is 9.49. The SMILES string of the molecule is CCCNC(=O)N(C)C[C@@H]1Oc2cc(C3=CCCCC3)ccc2S(=O)(=O)N([C@H](C)CO)C[C@@H]1C. The Morgan fingerprint density at radius 2 is 2.12 bits per heavy atom. The van der Waals surface area contributed by atoms with Gasteiger partial charge in [0.15, 0.2) is 0 Å². The lowest BCUT2D eigenvalue weighted by Gasteiger charge is -2.37. The molecule has 190 valence electrons. The van der Waals surface area contributed by atoms with Gasteiger partial charge in [0.1, 0.15) is 16.7 Å². The average molecular weight is 494 g/mol. The molecule has 0 saturated carbocycles. The van der Waals surface area contributed by atoms with Gasteiger partial charge in [0.25, 0.3) is 0 Å². The van der Waals surface area contributed by atoms with Gasteiger partial charge in [0.05, 0.1) is 13.2 Å². The second kappa shape index (κ2) is 11.6. The summed E-state index contributed by atoms with van der Waals surface area (Å²) >= 11 is 0. The summed E-state index contributed by atoms with van der Waals surface area (Å²) in [6.45, 7) is 6.42. The molecule has 0 radical (unpaired) electrons. The van der Waals surface area contributed by atoms with Gasteiger partial charge in [-0.3, -0.25) is 0 Å². The van der Waals surface area contributed by atoms with Crippen molar-refractivity contribution in [2.75, 3.05) is 33.3 Å². The van der Waals surface area contributed by atoms with Crippen LogP contribution in [-0.2, 0) is 10.0 Å². The molecule has 0 aromatic heterocycles. The first-order chi connectivity index (χ1) is 16.2. The van der Waals surface area contributed by atoms with Crippen LogP contribution in [0, 0.1) is 5.92 Å². The molecule has 0 saturated heterocycles. The molecule has 2 amide bonds. The zero-order chi connectivity index (χ0) is 24.9. The molecule has 2 aliphatic rings. The topological polar surface area (TPSA) is 99.2 Å². The number of nitrogens with zero attached hydrogens (tertiary/aromatic N) is 2. The van der Waals surface area contributed by atoms with Crippen molar-refractivity contribution in [1.82, 2.24) is 14.5 Å². The van der Waals surface area contributed by atoms with Crippen LogP contribution in [0.4, 0.5) is 4.79 Å². The van der Waals surface area contributed by atoms with Crippen LogP contribution >= 0.6 is 0 Å². The maximum absolute atomic E-state index is 13.6. The lowest BCUT2D eigenvalue weighted by atomic mass is 9.93. The number of allylic oxidation sites excluding steroid dienone is 2. The van der Waals surface area contributed by atoms with Crippen molar-refractivity contribution >= 4 is 21.6 Å². The highest BCUT2D eigenvalue weighted by molar-refractivity contribution is 7.89. The fourth-order valence-corrected chi connectivity index (χ4v) is 6.29. The van der Waals surface area contributed by atoms with E-state index in [4.69, 9.17) is 4.74 Å². The number of carbonyl (C=O) groups excluding carboxylic acids is 1. The maximum Gasteiger partial charge on any atom is 0.317 e. The van der Waals surface area contributed by atoms with Crippen LogP contribution in [0.15, 0.2) is 29.2 Å². The zero-order valence-electron chi connectivity index (χ0n) is 20.8. The molecular formula is C25H39N3O5S. The molecule has 2 N–H and O–H groups in total. The van der Waals surface area contributed by atoms with Gasteiger partial charge < -0.3 is 20.1 Å². The van der Waals surface area contributed by atoms with Crippen LogP contribution in [-0.4, -0.2) is 74.2 Å². The number of fused-ring (bicyclic) bond motifs is 1. The van der Waals surface area contributed by atoms with E-state index in [-0.39, 0.29) is 30.0 Å². The van der Waals surface area contributed by atoms with E-state index in [1.807, 2.05) is 26.0 Å². The number of urea groups is 1. The third-order valence-electron chi connectivity index (χ3n) is 6.66. The van der Waals surface area contributed by atoms with Gasteiger partial charge in [0, 0.05) is 32.1 Å². The van der Waals surface area contributed by atoms with Crippen molar-refractivity contribution in [2.45, 2.75) is 69.9 Å². The highest BCUT2D eigenvalue weighted by atomic mass is 32.2. The maximum atomic E-state index is 13.6.